The molecule has 84 valence electrons. The Balaban J connectivity index is 2.11. The van der Waals surface area contributed by atoms with Gasteiger partial charge in [-0.15, -0.1) is 10.2 Å². The van der Waals surface area contributed by atoms with E-state index in [1.807, 2.05) is 30.3 Å². The Bertz CT molecular complexity index is 485. The summed E-state index contributed by atoms with van der Waals surface area (Å²) >= 11 is -1.83. The lowest BCUT2D eigenvalue weighted by Crippen LogP contribution is -2.09. The molecule has 1 unspecified atom stereocenters. The van der Waals surface area contributed by atoms with Crippen molar-refractivity contribution in [1.29, 1.82) is 0 Å². The van der Waals surface area contributed by atoms with Gasteiger partial charge in [0.2, 0.25) is 5.82 Å². The average Bonchev–Trinajstić information content (AvgIpc) is 2.76. The van der Waals surface area contributed by atoms with E-state index in [-0.39, 0.29) is 12.3 Å². The molecule has 1 aromatic carbocycles. The number of aromatic nitrogens is 4. The van der Waals surface area contributed by atoms with E-state index >= 15 is 0 Å². The second-order valence-corrected chi connectivity index (χ2v) is 4.15. The van der Waals surface area contributed by atoms with Crippen LogP contribution in [0, 0.1) is 0 Å². The zero-order valence-corrected chi connectivity index (χ0v) is 9.17. The number of hydrogen-bond acceptors (Lipinski definition) is 4. The molecule has 0 amide bonds. The van der Waals surface area contributed by atoms with Crippen molar-refractivity contribution in [2.75, 3.05) is 5.75 Å². The van der Waals surface area contributed by atoms with Crippen molar-refractivity contribution < 1.29 is 8.76 Å². The van der Waals surface area contributed by atoms with Crippen LogP contribution in [0.5, 0.6) is 0 Å². The molecule has 0 radical (unpaired) electrons. The Morgan fingerprint density at radius 1 is 1.31 bits per heavy atom. The summed E-state index contributed by atoms with van der Waals surface area (Å²) in [6, 6.07) is 9.44. The number of tetrazole rings is 1. The summed E-state index contributed by atoms with van der Waals surface area (Å²) in [6.07, 6.45) is 0. The van der Waals surface area contributed by atoms with Crippen LogP contribution in [0.2, 0.25) is 0 Å². The van der Waals surface area contributed by atoms with E-state index < -0.39 is 11.1 Å². The van der Waals surface area contributed by atoms with Crippen LogP contribution in [0.15, 0.2) is 30.3 Å². The van der Waals surface area contributed by atoms with Crippen molar-refractivity contribution in [2.45, 2.75) is 6.54 Å². The van der Waals surface area contributed by atoms with E-state index in [0.29, 0.717) is 5.82 Å². The van der Waals surface area contributed by atoms with Crippen molar-refractivity contribution >= 4 is 11.1 Å². The maximum Gasteiger partial charge on any atom is 0.204 e. The van der Waals surface area contributed by atoms with Crippen LogP contribution in [-0.2, 0) is 17.6 Å². The molecule has 7 heteroatoms. The predicted molar refractivity (Wildman–Crippen MR) is 58.9 cm³/mol. The summed E-state index contributed by atoms with van der Waals surface area (Å²) < 4.78 is 19.1. The van der Waals surface area contributed by atoms with E-state index in [9.17, 15) is 4.21 Å². The summed E-state index contributed by atoms with van der Waals surface area (Å²) in [5, 5.41) is 11.8. The predicted octanol–water partition coefficient (Wildman–Crippen LogP) is 0.562. The third-order valence-corrected chi connectivity index (χ3v) is 2.48. The lowest BCUT2D eigenvalue weighted by molar-refractivity contribution is 0.525. The summed E-state index contributed by atoms with van der Waals surface area (Å²) in [4.78, 5) is 1.32. The van der Waals surface area contributed by atoms with Gasteiger partial charge in [-0.2, -0.15) is 4.80 Å². The first-order valence-electron chi connectivity index (χ1n) is 4.66. The highest BCUT2D eigenvalue weighted by Crippen LogP contribution is 2.11. The molecular weight excluding hydrogens is 228 g/mol. The Labute approximate surface area is 94.6 Å². The van der Waals surface area contributed by atoms with Gasteiger partial charge in [0.1, 0.15) is 0 Å². The Morgan fingerprint density at radius 3 is 2.75 bits per heavy atom. The van der Waals surface area contributed by atoms with E-state index in [0.717, 1.165) is 5.56 Å². The first kappa shape index (κ1) is 10.9. The topological polar surface area (TPSA) is 80.9 Å². The van der Waals surface area contributed by atoms with Gasteiger partial charge in [-0.1, -0.05) is 30.3 Å². The highest BCUT2D eigenvalue weighted by molar-refractivity contribution is 7.79. The zero-order chi connectivity index (χ0) is 11.4. The van der Waals surface area contributed by atoms with Crippen LogP contribution in [0.25, 0.3) is 11.4 Å². The molecule has 0 fully saturated rings. The molecule has 16 heavy (non-hydrogen) atoms. The Morgan fingerprint density at radius 2 is 2.06 bits per heavy atom. The second-order valence-electron chi connectivity index (χ2n) is 3.10. The minimum Gasteiger partial charge on any atom is -0.306 e. The van der Waals surface area contributed by atoms with Gasteiger partial charge in [0.05, 0.1) is 12.3 Å². The quantitative estimate of drug-likeness (QED) is 0.787. The Hall–Kier alpha value is -1.60. The normalized spacial score (nSPS) is 12.6. The third-order valence-electron chi connectivity index (χ3n) is 1.95. The molecule has 2 rings (SSSR count). The van der Waals surface area contributed by atoms with Crippen molar-refractivity contribution in [1.82, 2.24) is 20.2 Å². The molecule has 2 aromatic rings. The monoisotopic (exact) mass is 238 g/mol. The van der Waals surface area contributed by atoms with E-state index in [1.54, 1.807) is 0 Å². The molecular formula is C9H10N4O2S. The van der Waals surface area contributed by atoms with E-state index in [4.69, 9.17) is 4.55 Å². The number of nitrogens with zero attached hydrogens (tertiary/aromatic N) is 4. The molecule has 6 nitrogen and oxygen atoms in total. The molecule has 0 aliphatic rings. The van der Waals surface area contributed by atoms with Gasteiger partial charge in [0, 0.05) is 5.56 Å². The molecule has 0 aliphatic carbocycles. The number of rotatable bonds is 4. The summed E-state index contributed by atoms with van der Waals surface area (Å²) in [5.41, 5.74) is 0.874. The minimum atomic E-state index is -1.83. The maximum atomic E-state index is 10.5. The smallest absolute Gasteiger partial charge is 0.204 e. The molecule has 1 heterocycles. The standard InChI is InChI=1S/C9H10N4O2S/c14-16(15)7-6-13-11-9(10-12-13)8-4-2-1-3-5-8/h1-5H,6-7H2,(H,14,15). The molecule has 1 atom stereocenters. The average molecular weight is 238 g/mol. The number of benzene rings is 1. The fraction of sp³-hybridized carbons (Fsp3) is 0.222. The van der Waals surface area contributed by atoms with Gasteiger partial charge in [0.15, 0.2) is 11.1 Å². The number of aryl methyl sites for hydroxylation is 1. The van der Waals surface area contributed by atoms with E-state index in [2.05, 4.69) is 15.4 Å². The molecule has 1 N–H and O–H groups in total. The first-order chi connectivity index (χ1) is 7.75. The third kappa shape index (κ3) is 2.71. The van der Waals surface area contributed by atoms with Crippen LogP contribution >= 0.6 is 0 Å². The Kier molecular flexibility index (Phi) is 3.37. The van der Waals surface area contributed by atoms with Crippen molar-refractivity contribution in [3.63, 3.8) is 0 Å². The lowest BCUT2D eigenvalue weighted by Gasteiger charge is -1.94. The van der Waals surface area contributed by atoms with Gasteiger partial charge in [0.25, 0.3) is 0 Å². The van der Waals surface area contributed by atoms with Crippen LogP contribution in [0.4, 0.5) is 0 Å². The van der Waals surface area contributed by atoms with Gasteiger partial charge >= 0.3 is 0 Å². The zero-order valence-electron chi connectivity index (χ0n) is 8.35. The molecule has 0 aliphatic heterocycles. The highest BCUT2D eigenvalue weighted by atomic mass is 32.2. The van der Waals surface area contributed by atoms with E-state index in [1.165, 1.54) is 4.80 Å². The van der Waals surface area contributed by atoms with Crippen molar-refractivity contribution in [3.05, 3.63) is 30.3 Å². The molecule has 0 spiro atoms. The summed E-state index contributed by atoms with van der Waals surface area (Å²) in [6.45, 7) is 0.281. The van der Waals surface area contributed by atoms with Gasteiger partial charge in [-0.25, -0.2) is 4.21 Å². The van der Waals surface area contributed by atoms with Crippen molar-refractivity contribution in [3.8, 4) is 11.4 Å². The highest BCUT2D eigenvalue weighted by Gasteiger charge is 2.05. The fourth-order valence-electron chi connectivity index (χ4n) is 1.20. The lowest BCUT2D eigenvalue weighted by atomic mass is 10.2. The minimum absolute atomic E-state index is 0.102. The fourth-order valence-corrected chi connectivity index (χ4v) is 1.52. The SMILES string of the molecule is O=S(O)CCn1nnc(-c2ccccc2)n1. The molecule has 0 saturated carbocycles. The van der Waals surface area contributed by atoms with Gasteiger partial charge in [-0.3, -0.25) is 0 Å². The van der Waals surface area contributed by atoms with Gasteiger partial charge in [-0.05, 0) is 5.21 Å². The molecule has 0 bridgehead atoms. The van der Waals surface area contributed by atoms with Crippen LogP contribution in [-0.4, -0.2) is 34.7 Å². The summed E-state index contributed by atoms with van der Waals surface area (Å²) in [5.74, 6) is 0.620. The maximum absolute atomic E-state index is 10.5. The van der Waals surface area contributed by atoms with Crippen LogP contribution in [0.1, 0.15) is 0 Å². The largest absolute Gasteiger partial charge is 0.306 e. The molecule has 1 aromatic heterocycles. The van der Waals surface area contributed by atoms with Gasteiger partial charge < -0.3 is 4.55 Å². The van der Waals surface area contributed by atoms with Crippen LogP contribution < -0.4 is 0 Å². The first-order valence-corrected chi connectivity index (χ1v) is 5.94. The summed E-state index contributed by atoms with van der Waals surface area (Å²) in [7, 11) is 0. The van der Waals surface area contributed by atoms with Crippen LogP contribution in [0.3, 0.4) is 0 Å². The number of hydrogen-bond donors (Lipinski definition) is 1. The second kappa shape index (κ2) is 4.95. The molecule has 0 saturated heterocycles. The van der Waals surface area contributed by atoms with Crippen molar-refractivity contribution in [2.24, 2.45) is 0 Å².